The van der Waals surface area contributed by atoms with E-state index < -0.39 is 10.0 Å². The summed E-state index contributed by atoms with van der Waals surface area (Å²) in [6.45, 7) is 0.934. The molecule has 1 aliphatic heterocycles. The zero-order chi connectivity index (χ0) is 11.6. The van der Waals surface area contributed by atoms with Crippen LogP contribution < -0.4 is 10.5 Å². The van der Waals surface area contributed by atoms with Crippen molar-refractivity contribution in [1.29, 1.82) is 0 Å². The van der Waals surface area contributed by atoms with E-state index in [0.29, 0.717) is 0 Å². The largest absolute Gasteiger partial charge is 0.310 e. The van der Waals surface area contributed by atoms with Crippen molar-refractivity contribution in [3.8, 4) is 0 Å². The molecule has 0 radical (unpaired) electrons. The number of rotatable bonds is 2. The molecule has 0 spiro atoms. The van der Waals surface area contributed by atoms with Crippen molar-refractivity contribution in [3.63, 3.8) is 0 Å². The highest BCUT2D eigenvalue weighted by atomic mass is 32.2. The molecule has 1 aliphatic rings. The SMILES string of the molecule is NS(=O)(=O)c1ccccc1C1CCCCN1. The molecule has 88 valence electrons. The van der Waals surface area contributed by atoms with Crippen LogP contribution in [-0.4, -0.2) is 15.0 Å². The van der Waals surface area contributed by atoms with Crippen LogP contribution >= 0.6 is 0 Å². The van der Waals surface area contributed by atoms with Crippen molar-refractivity contribution in [2.24, 2.45) is 5.14 Å². The van der Waals surface area contributed by atoms with Crippen molar-refractivity contribution in [1.82, 2.24) is 5.32 Å². The predicted octanol–water partition coefficient (Wildman–Crippen LogP) is 1.15. The third-order valence-electron chi connectivity index (χ3n) is 2.91. The molecule has 1 heterocycles. The Bertz CT molecular complexity index is 465. The van der Waals surface area contributed by atoms with Gasteiger partial charge in [0.15, 0.2) is 0 Å². The number of hydrogen-bond acceptors (Lipinski definition) is 3. The fraction of sp³-hybridized carbons (Fsp3) is 0.455. The first-order chi connectivity index (χ1) is 7.59. The standard InChI is InChI=1S/C11H16N2O2S/c12-16(14,15)11-7-2-1-5-9(11)10-6-3-4-8-13-10/h1-2,5,7,10,13H,3-4,6,8H2,(H2,12,14,15). The lowest BCUT2D eigenvalue weighted by Gasteiger charge is -2.25. The normalized spacial score (nSPS) is 21.9. The highest BCUT2D eigenvalue weighted by Crippen LogP contribution is 2.27. The van der Waals surface area contributed by atoms with E-state index in [4.69, 9.17) is 5.14 Å². The summed E-state index contributed by atoms with van der Waals surface area (Å²) in [6, 6.07) is 7.07. The number of nitrogens with two attached hydrogens (primary N) is 1. The van der Waals surface area contributed by atoms with Crippen LogP contribution in [0.1, 0.15) is 30.9 Å². The second-order valence-corrected chi connectivity index (χ2v) is 5.62. The molecule has 0 aromatic heterocycles. The maximum absolute atomic E-state index is 11.4. The Balaban J connectivity index is 2.40. The molecule has 5 heteroatoms. The summed E-state index contributed by atoms with van der Waals surface area (Å²) in [5, 5.41) is 8.54. The summed E-state index contributed by atoms with van der Waals surface area (Å²) in [4.78, 5) is 0.245. The van der Waals surface area contributed by atoms with Crippen LogP contribution in [0.25, 0.3) is 0 Å². The van der Waals surface area contributed by atoms with Crippen LogP contribution in [0, 0.1) is 0 Å². The van der Waals surface area contributed by atoms with Crippen LogP contribution in [0.15, 0.2) is 29.2 Å². The Labute approximate surface area is 95.9 Å². The van der Waals surface area contributed by atoms with Gasteiger partial charge in [0, 0.05) is 6.04 Å². The van der Waals surface area contributed by atoms with Gasteiger partial charge < -0.3 is 5.32 Å². The number of sulfonamides is 1. The fourth-order valence-corrected chi connectivity index (χ4v) is 2.95. The first-order valence-corrected chi connectivity index (χ1v) is 6.99. The lowest BCUT2D eigenvalue weighted by Crippen LogP contribution is -2.28. The van der Waals surface area contributed by atoms with Gasteiger partial charge in [0.05, 0.1) is 4.90 Å². The fourth-order valence-electron chi connectivity index (χ4n) is 2.14. The van der Waals surface area contributed by atoms with Crippen molar-refractivity contribution in [3.05, 3.63) is 29.8 Å². The molecule has 1 saturated heterocycles. The maximum atomic E-state index is 11.4. The lowest BCUT2D eigenvalue weighted by molar-refractivity contribution is 0.407. The van der Waals surface area contributed by atoms with E-state index in [1.165, 1.54) is 0 Å². The van der Waals surface area contributed by atoms with Gasteiger partial charge in [0.25, 0.3) is 0 Å². The molecule has 1 aromatic rings. The molecule has 1 atom stereocenters. The molecular weight excluding hydrogens is 224 g/mol. The van der Waals surface area contributed by atoms with Gasteiger partial charge in [-0.3, -0.25) is 0 Å². The molecule has 3 N–H and O–H groups in total. The number of piperidine rings is 1. The first-order valence-electron chi connectivity index (χ1n) is 5.44. The van der Waals surface area contributed by atoms with Gasteiger partial charge >= 0.3 is 0 Å². The molecule has 4 nitrogen and oxygen atoms in total. The number of nitrogens with one attached hydrogen (secondary N) is 1. The van der Waals surface area contributed by atoms with Gasteiger partial charge in [0.1, 0.15) is 0 Å². The van der Waals surface area contributed by atoms with Gasteiger partial charge in [-0.05, 0) is 31.0 Å². The summed E-state index contributed by atoms with van der Waals surface area (Å²) >= 11 is 0. The van der Waals surface area contributed by atoms with Crippen LogP contribution in [-0.2, 0) is 10.0 Å². The molecule has 0 aliphatic carbocycles. The second-order valence-electron chi connectivity index (χ2n) is 4.09. The van der Waals surface area contributed by atoms with E-state index in [1.54, 1.807) is 12.1 Å². The van der Waals surface area contributed by atoms with E-state index in [-0.39, 0.29) is 10.9 Å². The number of primary sulfonamides is 1. The average molecular weight is 240 g/mol. The highest BCUT2D eigenvalue weighted by molar-refractivity contribution is 7.89. The van der Waals surface area contributed by atoms with E-state index in [2.05, 4.69) is 5.32 Å². The molecule has 16 heavy (non-hydrogen) atoms. The molecule has 0 saturated carbocycles. The Morgan fingerprint density at radius 1 is 1.25 bits per heavy atom. The Hall–Kier alpha value is -0.910. The molecule has 2 rings (SSSR count). The summed E-state index contributed by atoms with van der Waals surface area (Å²) < 4.78 is 22.9. The number of hydrogen-bond donors (Lipinski definition) is 2. The topological polar surface area (TPSA) is 72.2 Å². The molecule has 0 bridgehead atoms. The summed E-state index contributed by atoms with van der Waals surface area (Å²) in [5.41, 5.74) is 0.796. The molecule has 1 aromatic carbocycles. The van der Waals surface area contributed by atoms with E-state index in [0.717, 1.165) is 31.4 Å². The van der Waals surface area contributed by atoms with Gasteiger partial charge in [-0.15, -0.1) is 0 Å². The monoisotopic (exact) mass is 240 g/mol. The van der Waals surface area contributed by atoms with Gasteiger partial charge in [-0.2, -0.15) is 0 Å². The zero-order valence-corrected chi connectivity index (χ0v) is 9.83. The van der Waals surface area contributed by atoms with Crippen LogP contribution in [0.5, 0.6) is 0 Å². The summed E-state index contributed by atoms with van der Waals surface area (Å²) in [5.74, 6) is 0. The zero-order valence-electron chi connectivity index (χ0n) is 9.02. The minimum absolute atomic E-state index is 0.114. The van der Waals surface area contributed by atoms with Crippen molar-refractivity contribution >= 4 is 10.0 Å². The highest BCUT2D eigenvalue weighted by Gasteiger charge is 2.21. The average Bonchev–Trinajstić information content (AvgIpc) is 2.29. The van der Waals surface area contributed by atoms with Crippen LogP contribution in [0.4, 0.5) is 0 Å². The predicted molar refractivity (Wildman–Crippen MR) is 62.4 cm³/mol. The minimum atomic E-state index is -3.62. The molecule has 1 fully saturated rings. The third-order valence-corrected chi connectivity index (χ3v) is 3.90. The van der Waals surface area contributed by atoms with Crippen molar-refractivity contribution in [2.45, 2.75) is 30.2 Å². The summed E-state index contributed by atoms with van der Waals surface area (Å²) in [7, 11) is -3.62. The minimum Gasteiger partial charge on any atom is -0.310 e. The van der Waals surface area contributed by atoms with Crippen LogP contribution in [0.2, 0.25) is 0 Å². The van der Waals surface area contributed by atoms with E-state index in [1.807, 2.05) is 12.1 Å². The van der Waals surface area contributed by atoms with E-state index >= 15 is 0 Å². The number of benzene rings is 1. The molecule has 0 amide bonds. The van der Waals surface area contributed by atoms with Gasteiger partial charge in [0.2, 0.25) is 10.0 Å². The quantitative estimate of drug-likeness (QED) is 0.814. The van der Waals surface area contributed by atoms with Crippen molar-refractivity contribution < 1.29 is 8.42 Å². The molecular formula is C11H16N2O2S. The Morgan fingerprint density at radius 2 is 2.00 bits per heavy atom. The third kappa shape index (κ3) is 2.42. The lowest BCUT2D eigenvalue weighted by atomic mass is 9.98. The summed E-state index contributed by atoms with van der Waals surface area (Å²) in [6.07, 6.45) is 3.23. The van der Waals surface area contributed by atoms with Gasteiger partial charge in [-0.1, -0.05) is 24.6 Å². The van der Waals surface area contributed by atoms with Crippen LogP contribution in [0.3, 0.4) is 0 Å². The second kappa shape index (κ2) is 4.53. The van der Waals surface area contributed by atoms with E-state index in [9.17, 15) is 8.42 Å². The van der Waals surface area contributed by atoms with Crippen molar-refractivity contribution in [2.75, 3.05) is 6.54 Å². The Morgan fingerprint density at radius 3 is 2.62 bits per heavy atom. The van der Waals surface area contributed by atoms with Gasteiger partial charge in [-0.25, -0.2) is 13.6 Å². The molecule has 1 unspecified atom stereocenters. The maximum Gasteiger partial charge on any atom is 0.238 e. The first kappa shape index (κ1) is 11.6. The Kier molecular flexibility index (Phi) is 3.28. The smallest absolute Gasteiger partial charge is 0.238 e.